The number of carbonyl (C=O) groups excluding carboxylic acids is 2. The van der Waals surface area contributed by atoms with Crippen molar-refractivity contribution in [1.29, 1.82) is 0 Å². The number of methoxy groups -OCH3 is 3. The molecule has 2 heterocycles. The van der Waals surface area contributed by atoms with Gasteiger partial charge in [0.25, 0.3) is 5.91 Å². The molecule has 0 radical (unpaired) electrons. The number of nitrogens with one attached hydrogen (secondary N) is 1. The number of likely N-dealkylation sites (N-methyl/N-ethyl adjacent to an activating group) is 1. The maximum absolute atomic E-state index is 13.0. The quantitative estimate of drug-likeness (QED) is 0.822. The second kappa shape index (κ2) is 7.25. The van der Waals surface area contributed by atoms with Crippen LogP contribution in [0.25, 0.3) is 0 Å². The fraction of sp³-hybridized carbons (Fsp3) is 0.444. The van der Waals surface area contributed by atoms with Gasteiger partial charge in [0.05, 0.1) is 44.7 Å². The van der Waals surface area contributed by atoms with Crippen LogP contribution in [0.4, 0.5) is 4.79 Å². The number of nitrogens with zero attached hydrogens (tertiary/aromatic N) is 2. The van der Waals surface area contributed by atoms with Gasteiger partial charge in [0.15, 0.2) is 11.5 Å². The highest BCUT2D eigenvalue weighted by atomic mass is 16.5. The Labute approximate surface area is 152 Å². The molecule has 1 atom stereocenters. The number of hydrogen-bond acceptors (Lipinski definition) is 5. The van der Waals surface area contributed by atoms with Gasteiger partial charge in [0.1, 0.15) is 0 Å². The molecule has 0 unspecified atom stereocenters. The summed E-state index contributed by atoms with van der Waals surface area (Å²) in [6, 6.07) is 4.55. The van der Waals surface area contributed by atoms with Gasteiger partial charge >= 0.3 is 6.03 Å². The summed E-state index contributed by atoms with van der Waals surface area (Å²) in [5.41, 5.74) is 1.93. The fourth-order valence-corrected chi connectivity index (χ4v) is 3.38. The zero-order valence-electron chi connectivity index (χ0n) is 15.4. The average molecular weight is 361 g/mol. The van der Waals surface area contributed by atoms with E-state index in [0.717, 1.165) is 0 Å². The summed E-state index contributed by atoms with van der Waals surface area (Å²) in [7, 11) is 6.34. The van der Waals surface area contributed by atoms with Crippen LogP contribution in [0.5, 0.6) is 11.5 Å². The number of hydrogen-bond donors (Lipinski definition) is 1. The van der Waals surface area contributed by atoms with Crippen LogP contribution in [0, 0.1) is 0 Å². The number of urea groups is 1. The Morgan fingerprint density at radius 3 is 2.62 bits per heavy atom. The predicted octanol–water partition coefficient (Wildman–Crippen LogP) is 1.14. The van der Waals surface area contributed by atoms with Crippen LogP contribution in [-0.2, 0) is 9.53 Å². The Bertz CT molecular complexity index is 761. The van der Waals surface area contributed by atoms with Gasteiger partial charge in [-0.2, -0.15) is 0 Å². The molecule has 1 aromatic rings. The van der Waals surface area contributed by atoms with Crippen LogP contribution in [0.2, 0.25) is 0 Å². The Hall–Kier alpha value is -2.74. The van der Waals surface area contributed by atoms with Gasteiger partial charge in [-0.15, -0.1) is 0 Å². The molecule has 1 aromatic carbocycles. The fourth-order valence-electron chi connectivity index (χ4n) is 3.38. The summed E-state index contributed by atoms with van der Waals surface area (Å²) >= 11 is 0. The first-order chi connectivity index (χ1) is 12.5. The summed E-state index contributed by atoms with van der Waals surface area (Å²) in [5, 5.41) is 2.90. The number of benzene rings is 1. The van der Waals surface area contributed by atoms with Crippen molar-refractivity contribution in [1.82, 2.24) is 15.1 Å². The maximum atomic E-state index is 13.0. The zero-order chi connectivity index (χ0) is 18.8. The number of amides is 3. The molecule has 0 aromatic heterocycles. The van der Waals surface area contributed by atoms with Crippen molar-refractivity contribution in [3.8, 4) is 11.5 Å². The minimum atomic E-state index is -0.598. The molecule has 0 saturated carbocycles. The summed E-state index contributed by atoms with van der Waals surface area (Å²) in [5.74, 6) is 0.931. The predicted molar refractivity (Wildman–Crippen MR) is 94.1 cm³/mol. The molecule has 3 amide bonds. The van der Waals surface area contributed by atoms with Crippen molar-refractivity contribution in [3.05, 3.63) is 35.0 Å². The lowest BCUT2D eigenvalue weighted by molar-refractivity contribution is -0.126. The highest BCUT2D eigenvalue weighted by Crippen LogP contribution is 2.42. The van der Waals surface area contributed by atoms with Gasteiger partial charge in [-0.05, 0) is 6.07 Å². The van der Waals surface area contributed by atoms with E-state index in [-0.39, 0.29) is 11.9 Å². The number of carbonyl (C=O) groups is 2. The molecule has 2 aliphatic heterocycles. The first kappa shape index (κ1) is 18.1. The maximum Gasteiger partial charge on any atom is 0.322 e. The monoisotopic (exact) mass is 361 g/mol. The van der Waals surface area contributed by atoms with Crippen molar-refractivity contribution in [3.63, 3.8) is 0 Å². The lowest BCUT2D eigenvalue weighted by Gasteiger charge is -2.31. The molecule has 3 rings (SSSR count). The Morgan fingerprint density at radius 1 is 1.19 bits per heavy atom. The molecule has 8 nitrogen and oxygen atoms in total. The van der Waals surface area contributed by atoms with E-state index in [0.29, 0.717) is 48.0 Å². The summed E-state index contributed by atoms with van der Waals surface area (Å²) in [6.45, 7) is 1.28. The Kier molecular flexibility index (Phi) is 5.03. The minimum Gasteiger partial charge on any atom is -0.493 e. The van der Waals surface area contributed by atoms with E-state index in [1.165, 1.54) is 12.0 Å². The molecule has 0 fully saturated rings. The van der Waals surface area contributed by atoms with Crippen LogP contribution in [-0.4, -0.2) is 69.8 Å². The standard InChI is InChI=1S/C18H23N3O5/c1-20-12-10-21(8-9-24-2)17(22)14(12)15(19-18(20)23)11-6-5-7-13(25-3)16(11)26-4/h5-7,15H,8-10H2,1-4H3,(H,19,23)/t15-/m1/s1. The van der Waals surface area contributed by atoms with E-state index in [1.807, 2.05) is 12.1 Å². The van der Waals surface area contributed by atoms with Gasteiger partial charge in [0, 0.05) is 26.3 Å². The Morgan fingerprint density at radius 2 is 1.96 bits per heavy atom. The first-order valence-corrected chi connectivity index (χ1v) is 8.29. The molecule has 0 saturated heterocycles. The average Bonchev–Trinajstić information content (AvgIpc) is 2.99. The van der Waals surface area contributed by atoms with Crippen LogP contribution in [0.15, 0.2) is 29.5 Å². The molecule has 140 valence electrons. The SMILES string of the molecule is COCCN1CC2=C(C1=O)[C@@H](c1cccc(OC)c1OC)NC(=O)N2C. The third-order valence-electron chi connectivity index (χ3n) is 4.74. The molecule has 0 spiro atoms. The van der Waals surface area contributed by atoms with Crippen LogP contribution >= 0.6 is 0 Å². The smallest absolute Gasteiger partial charge is 0.322 e. The number of para-hydroxylation sites is 1. The Balaban J connectivity index is 2.05. The molecule has 0 aliphatic carbocycles. The second-order valence-corrected chi connectivity index (χ2v) is 6.10. The van der Waals surface area contributed by atoms with E-state index < -0.39 is 6.04 Å². The lowest BCUT2D eigenvalue weighted by Crippen LogP contribution is -2.45. The molecule has 26 heavy (non-hydrogen) atoms. The minimum absolute atomic E-state index is 0.112. The second-order valence-electron chi connectivity index (χ2n) is 6.10. The molecule has 2 aliphatic rings. The van der Waals surface area contributed by atoms with Crippen LogP contribution < -0.4 is 14.8 Å². The molecule has 1 N–H and O–H groups in total. The molecular formula is C18H23N3O5. The van der Waals surface area contributed by atoms with Gasteiger partial charge in [-0.3, -0.25) is 9.69 Å². The lowest BCUT2D eigenvalue weighted by atomic mass is 9.94. The third kappa shape index (κ3) is 2.86. The van der Waals surface area contributed by atoms with Gasteiger partial charge in [-0.25, -0.2) is 4.79 Å². The number of rotatable bonds is 6. The first-order valence-electron chi connectivity index (χ1n) is 8.29. The normalized spacial score (nSPS) is 19.6. The van der Waals surface area contributed by atoms with Crippen molar-refractivity contribution in [2.45, 2.75) is 6.04 Å². The largest absolute Gasteiger partial charge is 0.493 e. The molecule has 0 bridgehead atoms. The van der Waals surface area contributed by atoms with Gasteiger partial charge in [-0.1, -0.05) is 12.1 Å². The van der Waals surface area contributed by atoms with E-state index >= 15 is 0 Å². The highest BCUT2D eigenvalue weighted by molar-refractivity contribution is 6.01. The summed E-state index contributed by atoms with van der Waals surface area (Å²) in [6.07, 6.45) is 0. The van der Waals surface area contributed by atoms with Gasteiger partial charge in [0.2, 0.25) is 0 Å². The number of ether oxygens (including phenoxy) is 3. The van der Waals surface area contributed by atoms with Crippen molar-refractivity contribution in [2.24, 2.45) is 0 Å². The van der Waals surface area contributed by atoms with E-state index in [4.69, 9.17) is 14.2 Å². The van der Waals surface area contributed by atoms with Crippen LogP contribution in [0.1, 0.15) is 11.6 Å². The summed E-state index contributed by atoms with van der Waals surface area (Å²) in [4.78, 5) is 28.6. The van der Waals surface area contributed by atoms with E-state index in [1.54, 1.807) is 32.2 Å². The van der Waals surface area contributed by atoms with Crippen molar-refractivity contribution >= 4 is 11.9 Å². The third-order valence-corrected chi connectivity index (χ3v) is 4.74. The van der Waals surface area contributed by atoms with Gasteiger partial charge < -0.3 is 24.4 Å². The van der Waals surface area contributed by atoms with Crippen molar-refractivity contribution < 1.29 is 23.8 Å². The highest BCUT2D eigenvalue weighted by Gasteiger charge is 2.43. The van der Waals surface area contributed by atoms with Crippen LogP contribution in [0.3, 0.4) is 0 Å². The van der Waals surface area contributed by atoms with E-state index in [9.17, 15) is 9.59 Å². The summed E-state index contributed by atoms with van der Waals surface area (Å²) < 4.78 is 15.9. The van der Waals surface area contributed by atoms with Crippen molar-refractivity contribution in [2.75, 3.05) is 48.1 Å². The topological polar surface area (TPSA) is 80.3 Å². The molecule has 8 heteroatoms. The molecular weight excluding hydrogens is 338 g/mol. The zero-order valence-corrected chi connectivity index (χ0v) is 15.4. The van der Waals surface area contributed by atoms with E-state index in [2.05, 4.69) is 5.32 Å².